The van der Waals surface area contributed by atoms with E-state index in [0.717, 1.165) is 46.3 Å². The lowest BCUT2D eigenvalue weighted by molar-refractivity contribution is 0.460. The van der Waals surface area contributed by atoms with E-state index in [1.165, 1.54) is 0 Å². The minimum atomic E-state index is 0.0516. The number of phenols is 1. The van der Waals surface area contributed by atoms with Crippen molar-refractivity contribution in [1.82, 2.24) is 15.2 Å². The lowest BCUT2D eigenvalue weighted by Crippen LogP contribution is -2.18. The molecule has 0 aliphatic carbocycles. The molecule has 0 fully saturated rings. The van der Waals surface area contributed by atoms with E-state index >= 15 is 0 Å². The van der Waals surface area contributed by atoms with Gasteiger partial charge in [0.15, 0.2) is 5.82 Å². The van der Waals surface area contributed by atoms with E-state index in [1.54, 1.807) is 18.2 Å². The molecular weight excluding hydrogens is 372 g/mol. The normalized spacial score (nSPS) is 11.6. The van der Waals surface area contributed by atoms with Crippen LogP contribution >= 0.6 is 0 Å². The van der Waals surface area contributed by atoms with Gasteiger partial charge in [0.05, 0.1) is 0 Å². The Hall–Kier alpha value is -3.47. The number of hydrogen-bond acceptors (Lipinski definition) is 5. The van der Waals surface area contributed by atoms with Gasteiger partial charge in [0.1, 0.15) is 11.4 Å². The fourth-order valence-electron chi connectivity index (χ4n) is 3.82. The van der Waals surface area contributed by atoms with Crippen LogP contribution in [0.2, 0.25) is 0 Å². The van der Waals surface area contributed by atoms with Crippen molar-refractivity contribution in [2.75, 3.05) is 5.32 Å². The Balaban J connectivity index is 1.73. The Morgan fingerprint density at radius 3 is 2.43 bits per heavy atom. The van der Waals surface area contributed by atoms with Crippen LogP contribution in [0.25, 0.3) is 22.0 Å². The van der Waals surface area contributed by atoms with Crippen LogP contribution in [0.15, 0.2) is 66.9 Å². The summed E-state index contributed by atoms with van der Waals surface area (Å²) in [4.78, 5) is 4.74. The second-order valence-electron chi connectivity index (χ2n) is 8.18. The third kappa shape index (κ3) is 3.96. The van der Waals surface area contributed by atoms with Crippen molar-refractivity contribution >= 4 is 22.3 Å². The van der Waals surface area contributed by atoms with Crippen molar-refractivity contribution in [2.24, 2.45) is 0 Å². The Kier molecular flexibility index (Phi) is 5.36. The van der Waals surface area contributed by atoms with E-state index < -0.39 is 0 Å². The summed E-state index contributed by atoms with van der Waals surface area (Å²) in [6.45, 7) is 6.66. The number of pyridine rings is 1. The molecule has 2 N–H and O–H groups in total. The number of aromatic nitrogens is 3. The molecule has 0 unspecified atom stereocenters. The number of nitrogens with zero attached hydrogens (tertiary/aromatic N) is 3. The Morgan fingerprint density at radius 1 is 0.933 bits per heavy atom. The molecular formula is C25H26N4O. The molecule has 0 amide bonds. The van der Waals surface area contributed by atoms with Crippen LogP contribution in [0.1, 0.15) is 39.3 Å². The molecule has 0 saturated heterocycles. The molecule has 0 bridgehead atoms. The summed E-state index contributed by atoms with van der Waals surface area (Å²) in [5.41, 5.74) is 3.65. The largest absolute Gasteiger partial charge is 0.508 e. The first-order valence-corrected chi connectivity index (χ1v) is 10.3. The highest BCUT2D eigenvalue weighted by molar-refractivity contribution is 6.00. The molecule has 0 saturated carbocycles. The van der Waals surface area contributed by atoms with E-state index in [2.05, 4.69) is 48.4 Å². The van der Waals surface area contributed by atoms with E-state index in [1.807, 2.05) is 36.5 Å². The Bertz CT molecular complexity index is 1170. The van der Waals surface area contributed by atoms with Gasteiger partial charge in [-0.25, -0.2) is 0 Å². The summed E-state index contributed by atoms with van der Waals surface area (Å²) in [6.07, 6.45) is 4.11. The molecule has 2 heterocycles. The molecule has 4 aromatic rings. The standard InChI is InChI=1S/C25H26N4O/c1-4-14-25(2,3)22-13-12-17(16-26-22)23-20-10-5-6-11-21(20)24(29-28-23)27-18-8-7-9-19(30)15-18/h5-13,15-16,30H,4,14H2,1-3H3,(H,27,29). The van der Waals surface area contributed by atoms with Gasteiger partial charge in [0.25, 0.3) is 0 Å². The van der Waals surface area contributed by atoms with Crippen molar-refractivity contribution in [3.05, 3.63) is 72.6 Å². The zero-order valence-corrected chi connectivity index (χ0v) is 17.6. The molecule has 5 heteroatoms. The number of hydrogen-bond donors (Lipinski definition) is 2. The third-order valence-electron chi connectivity index (χ3n) is 5.40. The second kappa shape index (κ2) is 8.11. The maximum atomic E-state index is 9.73. The number of fused-ring (bicyclic) bond motifs is 1. The molecule has 0 aliphatic heterocycles. The first-order chi connectivity index (χ1) is 14.5. The predicted octanol–water partition coefficient (Wildman–Crippen LogP) is 6.22. The quantitative estimate of drug-likeness (QED) is 0.403. The van der Waals surface area contributed by atoms with Gasteiger partial charge < -0.3 is 10.4 Å². The van der Waals surface area contributed by atoms with Crippen molar-refractivity contribution in [3.63, 3.8) is 0 Å². The highest BCUT2D eigenvalue weighted by Gasteiger charge is 2.21. The van der Waals surface area contributed by atoms with Gasteiger partial charge in [-0.3, -0.25) is 4.98 Å². The lowest BCUT2D eigenvalue weighted by atomic mass is 9.84. The number of nitrogens with one attached hydrogen (secondary N) is 1. The van der Waals surface area contributed by atoms with Crippen LogP contribution < -0.4 is 5.32 Å². The third-order valence-corrected chi connectivity index (χ3v) is 5.40. The van der Waals surface area contributed by atoms with Crippen LogP contribution in [-0.4, -0.2) is 20.3 Å². The maximum Gasteiger partial charge on any atom is 0.161 e. The molecule has 5 nitrogen and oxygen atoms in total. The number of rotatable bonds is 6. The van der Waals surface area contributed by atoms with Crippen LogP contribution in [-0.2, 0) is 5.41 Å². The lowest BCUT2D eigenvalue weighted by Gasteiger charge is -2.23. The minimum absolute atomic E-state index is 0.0516. The monoisotopic (exact) mass is 398 g/mol. The summed E-state index contributed by atoms with van der Waals surface area (Å²) in [5.74, 6) is 0.847. The SMILES string of the molecule is CCCC(C)(C)c1ccc(-c2nnc(Nc3cccc(O)c3)c3ccccc23)cn1. The molecule has 0 spiro atoms. The number of aromatic hydroxyl groups is 1. The summed E-state index contributed by atoms with van der Waals surface area (Å²) < 4.78 is 0. The molecule has 152 valence electrons. The number of benzene rings is 2. The Morgan fingerprint density at radius 2 is 1.73 bits per heavy atom. The van der Waals surface area contributed by atoms with Gasteiger partial charge in [-0.1, -0.05) is 57.5 Å². The number of anilines is 2. The fourth-order valence-corrected chi connectivity index (χ4v) is 3.82. The minimum Gasteiger partial charge on any atom is -0.508 e. The smallest absolute Gasteiger partial charge is 0.161 e. The van der Waals surface area contributed by atoms with Crippen molar-refractivity contribution < 1.29 is 5.11 Å². The van der Waals surface area contributed by atoms with Crippen LogP contribution in [0.5, 0.6) is 5.75 Å². The summed E-state index contributed by atoms with van der Waals surface area (Å²) in [7, 11) is 0. The molecule has 30 heavy (non-hydrogen) atoms. The second-order valence-corrected chi connectivity index (χ2v) is 8.18. The number of phenolic OH excluding ortho intramolecular Hbond substituents is 1. The molecule has 0 aliphatic rings. The zero-order chi connectivity index (χ0) is 21.1. The van der Waals surface area contributed by atoms with E-state index in [-0.39, 0.29) is 11.2 Å². The van der Waals surface area contributed by atoms with E-state index in [4.69, 9.17) is 4.98 Å². The first kappa shape index (κ1) is 19.8. The molecule has 0 atom stereocenters. The van der Waals surface area contributed by atoms with Crippen LogP contribution in [0.3, 0.4) is 0 Å². The zero-order valence-electron chi connectivity index (χ0n) is 17.6. The average Bonchev–Trinajstić information content (AvgIpc) is 2.74. The molecule has 2 aromatic heterocycles. The van der Waals surface area contributed by atoms with Crippen molar-refractivity contribution in [1.29, 1.82) is 0 Å². The summed E-state index contributed by atoms with van der Waals surface area (Å²) in [5, 5.41) is 23.9. The summed E-state index contributed by atoms with van der Waals surface area (Å²) in [6, 6.07) is 19.2. The van der Waals surface area contributed by atoms with E-state index in [9.17, 15) is 5.11 Å². The highest BCUT2D eigenvalue weighted by atomic mass is 16.3. The fraction of sp³-hybridized carbons (Fsp3) is 0.240. The van der Waals surface area contributed by atoms with Gasteiger partial charge in [-0.05, 0) is 30.7 Å². The predicted molar refractivity (Wildman–Crippen MR) is 122 cm³/mol. The first-order valence-electron chi connectivity index (χ1n) is 10.3. The van der Waals surface area contributed by atoms with Gasteiger partial charge in [0.2, 0.25) is 0 Å². The average molecular weight is 399 g/mol. The van der Waals surface area contributed by atoms with Gasteiger partial charge >= 0.3 is 0 Å². The van der Waals surface area contributed by atoms with Crippen molar-refractivity contribution in [3.8, 4) is 17.0 Å². The van der Waals surface area contributed by atoms with Gasteiger partial charge in [-0.15, -0.1) is 10.2 Å². The molecule has 4 rings (SSSR count). The van der Waals surface area contributed by atoms with Gasteiger partial charge in [-0.2, -0.15) is 0 Å². The summed E-state index contributed by atoms with van der Waals surface area (Å²) >= 11 is 0. The Labute approximate surface area is 176 Å². The van der Waals surface area contributed by atoms with Crippen LogP contribution in [0, 0.1) is 0 Å². The molecule has 0 radical (unpaired) electrons. The van der Waals surface area contributed by atoms with Crippen LogP contribution in [0.4, 0.5) is 11.5 Å². The van der Waals surface area contributed by atoms with Gasteiger partial charge in [0, 0.05) is 45.4 Å². The highest BCUT2D eigenvalue weighted by Crippen LogP contribution is 2.33. The molecule has 2 aromatic carbocycles. The maximum absolute atomic E-state index is 9.73. The topological polar surface area (TPSA) is 70.9 Å². The van der Waals surface area contributed by atoms with Crippen molar-refractivity contribution in [2.45, 2.75) is 39.0 Å². The van der Waals surface area contributed by atoms with E-state index in [0.29, 0.717) is 5.82 Å².